The number of hydrogen-bond acceptors (Lipinski definition) is 7. The van der Waals surface area contributed by atoms with E-state index in [2.05, 4.69) is 49.3 Å². The van der Waals surface area contributed by atoms with Crippen LogP contribution in [0.4, 0.5) is 0 Å². The fourth-order valence-electron chi connectivity index (χ4n) is 3.17. The van der Waals surface area contributed by atoms with Crippen LogP contribution in [0.1, 0.15) is 5.01 Å². The molecule has 0 N–H and O–H groups in total. The number of aromatic nitrogens is 3. The maximum atomic E-state index is 13.3. The lowest BCUT2D eigenvalue weighted by Crippen LogP contribution is -2.25. The van der Waals surface area contributed by atoms with E-state index in [1.54, 1.807) is 11.3 Å². The number of ether oxygens (including phenoxy) is 3. The lowest BCUT2D eigenvalue weighted by atomic mass is 10.1. The van der Waals surface area contributed by atoms with Gasteiger partial charge in [0, 0.05) is 40.3 Å². The molecule has 1 aromatic carbocycles. The molecule has 0 fully saturated rings. The Balaban J connectivity index is 1.85. The Morgan fingerprint density at radius 2 is 1.68 bits per heavy atom. The minimum Gasteiger partial charge on any atom is -0.465 e. The van der Waals surface area contributed by atoms with Crippen molar-refractivity contribution in [2.45, 2.75) is 65.0 Å². The highest BCUT2D eigenvalue weighted by Gasteiger charge is 2.16. The number of rotatable bonds is 12. The first-order valence-electron chi connectivity index (χ1n) is 11.7. The molecule has 0 aliphatic rings. The van der Waals surface area contributed by atoms with E-state index in [1.165, 1.54) is 10.9 Å². The number of hydrogen-bond donors (Lipinski definition) is 0. The van der Waals surface area contributed by atoms with Crippen LogP contribution in [-0.4, -0.2) is 50.7 Å². The summed E-state index contributed by atoms with van der Waals surface area (Å²) in [5, 5.41) is 3.43. The van der Waals surface area contributed by atoms with Gasteiger partial charge in [-0.25, -0.2) is 9.97 Å². The maximum absolute atomic E-state index is 13.3. The van der Waals surface area contributed by atoms with Gasteiger partial charge < -0.3 is 14.2 Å². The maximum Gasteiger partial charge on any atom is 0.263 e. The molecule has 7 nitrogen and oxygen atoms in total. The minimum atomic E-state index is -1.19. The molecule has 0 atom stereocenters. The molecule has 2 aromatic heterocycles. The number of aryl methyl sites for hydroxylation is 1. The van der Waals surface area contributed by atoms with Gasteiger partial charge in [-0.05, 0) is 31.1 Å². The van der Waals surface area contributed by atoms with Crippen LogP contribution in [-0.2, 0) is 16.2 Å². The minimum absolute atomic E-state index is 0.115. The molecule has 10 heteroatoms. The van der Waals surface area contributed by atoms with E-state index in [1.807, 2.05) is 24.4 Å². The van der Waals surface area contributed by atoms with E-state index in [-0.39, 0.29) is 19.1 Å². The molecule has 0 aliphatic heterocycles. The van der Waals surface area contributed by atoms with Crippen LogP contribution in [0.25, 0.3) is 22.2 Å². The predicted octanol–water partition coefficient (Wildman–Crippen LogP) is 5.83. The Kier molecular flexibility index (Phi) is 8.85. The summed E-state index contributed by atoms with van der Waals surface area (Å²) in [7, 11) is -2.37. The normalized spacial score (nSPS) is 12.4. The summed E-state index contributed by atoms with van der Waals surface area (Å²) >= 11 is 1.57. The van der Waals surface area contributed by atoms with E-state index in [4.69, 9.17) is 14.2 Å². The topological polar surface area (TPSA) is 75.5 Å². The zero-order chi connectivity index (χ0) is 24.9. The second-order valence-corrected chi connectivity index (χ2v) is 23.3. The van der Waals surface area contributed by atoms with Crippen LogP contribution in [0.3, 0.4) is 0 Å². The molecule has 34 heavy (non-hydrogen) atoms. The van der Waals surface area contributed by atoms with Crippen LogP contribution in [0.5, 0.6) is 5.75 Å². The fraction of sp³-hybridized carbons (Fsp3) is 0.542. The molecular weight excluding hydrogens is 483 g/mol. The SMILES string of the molecule is Cc1nc(-c2cc(OCOCC[Si](C)(C)C)c3ncn(COCC[Si](C)(C)C)c(=O)c3c2)cs1. The van der Waals surface area contributed by atoms with Gasteiger partial charge in [-0.3, -0.25) is 9.36 Å². The molecule has 0 spiro atoms. The van der Waals surface area contributed by atoms with Crippen molar-refractivity contribution in [3.8, 4) is 17.0 Å². The van der Waals surface area contributed by atoms with Gasteiger partial charge in [0.15, 0.2) is 6.79 Å². The summed E-state index contributed by atoms with van der Waals surface area (Å²) in [6.07, 6.45) is 1.53. The Morgan fingerprint density at radius 3 is 2.29 bits per heavy atom. The second-order valence-electron chi connectivity index (χ2n) is 11.0. The van der Waals surface area contributed by atoms with Gasteiger partial charge in [0.05, 0.1) is 16.1 Å². The third-order valence-corrected chi connectivity index (χ3v) is 9.51. The van der Waals surface area contributed by atoms with Gasteiger partial charge in [-0.1, -0.05) is 39.3 Å². The van der Waals surface area contributed by atoms with Gasteiger partial charge in [-0.15, -0.1) is 11.3 Å². The van der Waals surface area contributed by atoms with E-state index < -0.39 is 16.1 Å². The zero-order valence-corrected chi connectivity index (χ0v) is 24.3. The van der Waals surface area contributed by atoms with E-state index in [0.717, 1.165) is 28.4 Å². The van der Waals surface area contributed by atoms with E-state index in [0.29, 0.717) is 29.9 Å². The molecule has 3 rings (SSSR count). The Labute approximate surface area is 208 Å². The van der Waals surface area contributed by atoms with Gasteiger partial charge in [0.25, 0.3) is 5.56 Å². The quantitative estimate of drug-likeness (QED) is 0.170. The van der Waals surface area contributed by atoms with Crippen LogP contribution in [0.2, 0.25) is 51.4 Å². The summed E-state index contributed by atoms with van der Waals surface area (Å²) in [4.78, 5) is 22.4. The summed E-state index contributed by atoms with van der Waals surface area (Å²) < 4.78 is 19.0. The Morgan fingerprint density at radius 1 is 1.00 bits per heavy atom. The average molecular weight is 520 g/mol. The summed E-state index contributed by atoms with van der Waals surface area (Å²) in [5.41, 5.74) is 2.00. The number of benzene rings is 1. The van der Waals surface area contributed by atoms with Crippen molar-refractivity contribution in [2.75, 3.05) is 20.0 Å². The monoisotopic (exact) mass is 519 g/mol. The molecule has 0 unspecified atom stereocenters. The van der Waals surface area contributed by atoms with Gasteiger partial charge >= 0.3 is 0 Å². The molecule has 0 saturated carbocycles. The third kappa shape index (κ3) is 7.84. The van der Waals surface area contributed by atoms with Crippen LogP contribution in [0.15, 0.2) is 28.6 Å². The smallest absolute Gasteiger partial charge is 0.263 e. The van der Waals surface area contributed by atoms with E-state index >= 15 is 0 Å². The predicted molar refractivity (Wildman–Crippen MR) is 146 cm³/mol. The summed E-state index contributed by atoms with van der Waals surface area (Å²) in [6, 6.07) is 5.85. The number of nitrogens with zero attached hydrogens (tertiary/aromatic N) is 3. The van der Waals surface area contributed by atoms with Crippen LogP contribution in [0, 0.1) is 6.92 Å². The van der Waals surface area contributed by atoms with Gasteiger partial charge in [-0.2, -0.15) is 0 Å². The highest BCUT2D eigenvalue weighted by Crippen LogP contribution is 2.31. The number of thiazole rings is 1. The van der Waals surface area contributed by atoms with Crippen molar-refractivity contribution in [3.63, 3.8) is 0 Å². The standard InChI is InChI=1S/C24H37N3O4SSi2/c1-18-26-21(14-32-18)19-12-20-23(22(13-19)31-17-30-9-11-34(5,6)7)25-15-27(24(20)28)16-29-8-10-33(2,3)4/h12-15H,8-11,16-17H2,1-7H3. The molecular formula is C24H37N3O4SSi2. The highest BCUT2D eigenvalue weighted by molar-refractivity contribution is 7.09. The summed E-state index contributed by atoms with van der Waals surface area (Å²) in [6.45, 7) is 17.4. The van der Waals surface area contributed by atoms with Crippen molar-refractivity contribution < 1.29 is 14.2 Å². The van der Waals surface area contributed by atoms with Crippen LogP contribution < -0.4 is 10.3 Å². The Hall–Kier alpha value is -1.86. The average Bonchev–Trinajstić information content (AvgIpc) is 3.17. The molecule has 0 aliphatic carbocycles. The molecule has 0 saturated heterocycles. The van der Waals surface area contributed by atoms with E-state index in [9.17, 15) is 4.79 Å². The first-order valence-corrected chi connectivity index (χ1v) is 20.0. The lowest BCUT2D eigenvalue weighted by molar-refractivity contribution is 0.0228. The van der Waals surface area contributed by atoms with Crippen LogP contribution >= 0.6 is 11.3 Å². The molecule has 0 radical (unpaired) electrons. The molecule has 0 amide bonds. The zero-order valence-electron chi connectivity index (χ0n) is 21.4. The fourth-order valence-corrected chi connectivity index (χ4v) is 5.30. The van der Waals surface area contributed by atoms with Crippen molar-refractivity contribution >= 4 is 38.4 Å². The van der Waals surface area contributed by atoms with Crippen molar-refractivity contribution in [1.29, 1.82) is 0 Å². The Bertz CT molecular complexity index is 1170. The van der Waals surface area contributed by atoms with Gasteiger partial charge in [0.1, 0.15) is 24.3 Å². The molecule has 186 valence electrons. The van der Waals surface area contributed by atoms with Gasteiger partial charge in [0.2, 0.25) is 0 Å². The van der Waals surface area contributed by atoms with Crippen molar-refractivity contribution in [1.82, 2.24) is 14.5 Å². The van der Waals surface area contributed by atoms with Crippen molar-refractivity contribution in [3.05, 3.63) is 39.2 Å². The molecule has 0 bridgehead atoms. The van der Waals surface area contributed by atoms with Crippen molar-refractivity contribution in [2.24, 2.45) is 0 Å². The second kappa shape index (κ2) is 11.3. The highest BCUT2D eigenvalue weighted by atomic mass is 32.1. The number of fused-ring (bicyclic) bond motifs is 1. The lowest BCUT2D eigenvalue weighted by Gasteiger charge is -2.17. The first-order chi connectivity index (χ1) is 15.9. The third-order valence-electron chi connectivity index (χ3n) is 5.33. The summed E-state index contributed by atoms with van der Waals surface area (Å²) in [5.74, 6) is 0.523. The first kappa shape index (κ1) is 26.7. The largest absolute Gasteiger partial charge is 0.465 e. The molecule has 2 heterocycles. The molecule has 3 aromatic rings.